The van der Waals surface area contributed by atoms with Crippen molar-refractivity contribution in [3.8, 4) is 5.69 Å². The van der Waals surface area contributed by atoms with Crippen LogP contribution in [-0.4, -0.2) is 33.2 Å². The summed E-state index contributed by atoms with van der Waals surface area (Å²) in [4.78, 5) is 0. The predicted octanol–water partition coefficient (Wildman–Crippen LogP) is 1.92. The lowest BCUT2D eigenvalue weighted by Gasteiger charge is -2.08. The van der Waals surface area contributed by atoms with Crippen molar-refractivity contribution in [2.24, 2.45) is 5.92 Å². The van der Waals surface area contributed by atoms with Crippen LogP contribution in [0, 0.1) is 5.92 Å². The number of benzene rings is 1. The maximum atomic E-state index is 12.6. The third kappa shape index (κ3) is 3.46. The number of rotatable bonds is 6. The molecule has 0 spiro atoms. The summed E-state index contributed by atoms with van der Waals surface area (Å²) in [7, 11) is -3.83. The van der Waals surface area contributed by atoms with Crippen molar-refractivity contribution in [3.63, 3.8) is 0 Å². The van der Waals surface area contributed by atoms with Crippen LogP contribution >= 0.6 is 0 Å². The number of hydrogen-bond acceptors (Lipinski definition) is 5. The molecule has 2 aromatic heterocycles. The van der Waals surface area contributed by atoms with Crippen molar-refractivity contribution in [3.05, 3.63) is 48.9 Å². The average Bonchev–Trinajstić information content (AvgIpc) is 3.17. The first kappa shape index (κ1) is 16.2. The Morgan fingerprint density at radius 3 is 2.62 bits per heavy atom. The standard InChI is InChI=1S/C15H18N6O2S/c1-12(2)10-20-11-13(8-17-20)18-24(22,23)15-9-16-19-21(15)14-6-4-3-5-7-14/h3-9,11-12,18H,10H2,1-2H3. The SMILES string of the molecule is CC(C)Cn1cc(NS(=O)(=O)c2cnnn2-c2ccccc2)cn1. The Balaban J connectivity index is 1.87. The van der Waals surface area contributed by atoms with Crippen molar-refractivity contribution < 1.29 is 8.42 Å². The predicted molar refractivity (Wildman–Crippen MR) is 89.2 cm³/mol. The van der Waals surface area contributed by atoms with Crippen molar-refractivity contribution in [1.82, 2.24) is 24.8 Å². The number of anilines is 1. The highest BCUT2D eigenvalue weighted by Gasteiger charge is 2.22. The lowest BCUT2D eigenvalue weighted by Crippen LogP contribution is -2.17. The summed E-state index contributed by atoms with van der Waals surface area (Å²) >= 11 is 0. The average molecular weight is 346 g/mol. The third-order valence-electron chi connectivity index (χ3n) is 3.23. The van der Waals surface area contributed by atoms with Gasteiger partial charge in [-0.3, -0.25) is 9.40 Å². The zero-order valence-electron chi connectivity index (χ0n) is 13.4. The van der Waals surface area contributed by atoms with Crippen LogP contribution in [0.25, 0.3) is 5.69 Å². The van der Waals surface area contributed by atoms with Gasteiger partial charge in [-0.2, -0.15) is 18.2 Å². The Kier molecular flexibility index (Phi) is 4.34. The Morgan fingerprint density at radius 2 is 1.92 bits per heavy atom. The van der Waals surface area contributed by atoms with Crippen LogP contribution in [0.4, 0.5) is 5.69 Å². The normalized spacial score (nSPS) is 11.8. The Hall–Kier alpha value is -2.68. The number of hydrogen-bond donors (Lipinski definition) is 1. The van der Waals surface area contributed by atoms with Gasteiger partial charge in [0.1, 0.15) is 0 Å². The molecule has 0 unspecified atom stereocenters. The zero-order chi connectivity index (χ0) is 17.2. The number of aromatic nitrogens is 5. The molecular weight excluding hydrogens is 328 g/mol. The van der Waals surface area contributed by atoms with Crippen molar-refractivity contribution in [1.29, 1.82) is 0 Å². The highest BCUT2D eigenvalue weighted by atomic mass is 32.2. The van der Waals surface area contributed by atoms with E-state index in [0.29, 0.717) is 23.8 Å². The van der Waals surface area contributed by atoms with Gasteiger partial charge in [0.2, 0.25) is 0 Å². The number of para-hydroxylation sites is 1. The van der Waals surface area contributed by atoms with E-state index in [4.69, 9.17) is 0 Å². The second kappa shape index (κ2) is 6.44. The minimum absolute atomic E-state index is 0.0368. The van der Waals surface area contributed by atoms with E-state index in [1.807, 2.05) is 6.07 Å². The van der Waals surface area contributed by atoms with Gasteiger partial charge < -0.3 is 0 Å². The minimum atomic E-state index is -3.83. The maximum Gasteiger partial charge on any atom is 0.281 e. The fourth-order valence-corrected chi connectivity index (χ4v) is 3.33. The topological polar surface area (TPSA) is 94.7 Å². The van der Waals surface area contributed by atoms with Gasteiger partial charge in [0.25, 0.3) is 10.0 Å². The van der Waals surface area contributed by atoms with Crippen molar-refractivity contribution >= 4 is 15.7 Å². The van der Waals surface area contributed by atoms with E-state index in [1.165, 1.54) is 17.1 Å². The second-order valence-corrected chi connectivity index (χ2v) is 7.40. The summed E-state index contributed by atoms with van der Waals surface area (Å²) in [6, 6.07) is 8.96. The molecule has 0 aliphatic heterocycles. The van der Waals surface area contributed by atoms with Gasteiger partial charge in [-0.1, -0.05) is 37.3 Å². The fourth-order valence-electron chi connectivity index (χ4n) is 2.25. The maximum absolute atomic E-state index is 12.6. The summed E-state index contributed by atoms with van der Waals surface area (Å²) < 4.78 is 30.8. The number of nitrogens with zero attached hydrogens (tertiary/aromatic N) is 5. The molecule has 0 saturated carbocycles. The molecule has 126 valence electrons. The van der Waals surface area contributed by atoms with Crippen molar-refractivity contribution in [2.45, 2.75) is 25.4 Å². The first-order valence-corrected chi connectivity index (χ1v) is 8.95. The lowest BCUT2D eigenvalue weighted by molar-refractivity contribution is 0.483. The number of sulfonamides is 1. The van der Waals surface area contributed by atoms with Crippen LogP contribution in [-0.2, 0) is 16.6 Å². The Labute approximate surface area is 140 Å². The van der Waals surface area contributed by atoms with Crippen LogP contribution in [0.2, 0.25) is 0 Å². The molecule has 24 heavy (non-hydrogen) atoms. The first-order valence-electron chi connectivity index (χ1n) is 7.47. The van der Waals surface area contributed by atoms with Gasteiger partial charge in [0.15, 0.2) is 5.03 Å². The molecule has 0 bridgehead atoms. The van der Waals surface area contributed by atoms with Gasteiger partial charge in [0.05, 0.1) is 23.8 Å². The van der Waals surface area contributed by atoms with Crippen LogP contribution in [0.15, 0.2) is 53.9 Å². The largest absolute Gasteiger partial charge is 0.281 e. The minimum Gasteiger partial charge on any atom is -0.275 e. The molecule has 8 nitrogen and oxygen atoms in total. The van der Waals surface area contributed by atoms with Crippen LogP contribution in [0.3, 0.4) is 0 Å². The van der Waals surface area contributed by atoms with Gasteiger partial charge in [-0.05, 0) is 18.1 Å². The second-order valence-electron chi connectivity index (χ2n) is 5.77. The molecule has 3 rings (SSSR count). The molecule has 0 saturated heterocycles. The first-order chi connectivity index (χ1) is 11.5. The van der Waals surface area contributed by atoms with Gasteiger partial charge in [-0.25, -0.2) is 0 Å². The molecule has 0 atom stereocenters. The summed E-state index contributed by atoms with van der Waals surface area (Å²) in [5.74, 6) is 0.415. The Morgan fingerprint density at radius 1 is 1.17 bits per heavy atom. The number of nitrogens with one attached hydrogen (secondary N) is 1. The van der Waals surface area contributed by atoms with Gasteiger partial charge in [-0.15, -0.1) is 5.10 Å². The quantitative estimate of drug-likeness (QED) is 0.736. The summed E-state index contributed by atoms with van der Waals surface area (Å²) in [5, 5.41) is 11.7. The molecule has 0 amide bonds. The molecule has 2 heterocycles. The van der Waals surface area contributed by atoms with Gasteiger partial charge >= 0.3 is 0 Å². The molecule has 1 N–H and O–H groups in total. The molecule has 1 aromatic carbocycles. The van der Waals surface area contributed by atoms with Crippen LogP contribution in [0.1, 0.15) is 13.8 Å². The highest BCUT2D eigenvalue weighted by Crippen LogP contribution is 2.18. The van der Waals surface area contributed by atoms with E-state index in [9.17, 15) is 8.42 Å². The molecule has 3 aromatic rings. The van der Waals surface area contributed by atoms with E-state index < -0.39 is 10.0 Å². The summed E-state index contributed by atoms with van der Waals surface area (Å²) in [5.41, 5.74) is 1.02. The van der Waals surface area contributed by atoms with Crippen LogP contribution < -0.4 is 4.72 Å². The van der Waals surface area contributed by atoms with Crippen molar-refractivity contribution in [2.75, 3.05) is 4.72 Å². The molecule has 0 aliphatic rings. The molecule has 9 heteroatoms. The molecule has 0 aliphatic carbocycles. The van der Waals surface area contributed by atoms with E-state index in [2.05, 4.69) is 34.0 Å². The van der Waals surface area contributed by atoms with E-state index >= 15 is 0 Å². The lowest BCUT2D eigenvalue weighted by atomic mass is 10.2. The van der Waals surface area contributed by atoms with E-state index in [0.717, 1.165) is 0 Å². The fraction of sp³-hybridized carbons (Fsp3) is 0.267. The monoisotopic (exact) mass is 346 g/mol. The molecule has 0 radical (unpaired) electrons. The van der Waals surface area contributed by atoms with E-state index in [1.54, 1.807) is 35.1 Å². The Bertz CT molecular complexity index is 914. The highest BCUT2D eigenvalue weighted by molar-refractivity contribution is 7.92. The van der Waals surface area contributed by atoms with Crippen LogP contribution in [0.5, 0.6) is 0 Å². The zero-order valence-corrected chi connectivity index (χ0v) is 14.2. The smallest absolute Gasteiger partial charge is 0.275 e. The third-order valence-corrected chi connectivity index (χ3v) is 4.57. The molecule has 0 fully saturated rings. The summed E-state index contributed by atoms with van der Waals surface area (Å²) in [6.45, 7) is 4.84. The molecular formula is C15H18N6O2S. The van der Waals surface area contributed by atoms with Gasteiger partial charge in [0, 0.05) is 12.7 Å². The van der Waals surface area contributed by atoms with E-state index in [-0.39, 0.29) is 5.03 Å². The summed E-state index contributed by atoms with van der Waals surface area (Å²) in [6.07, 6.45) is 4.36.